The van der Waals surface area contributed by atoms with Gasteiger partial charge in [-0.15, -0.1) is 0 Å². The molecular weight excluding hydrogens is 282 g/mol. The van der Waals surface area contributed by atoms with E-state index in [2.05, 4.69) is 5.32 Å². The van der Waals surface area contributed by atoms with E-state index in [9.17, 15) is 14.9 Å². The third kappa shape index (κ3) is 4.05. The molecule has 0 fully saturated rings. The molecular formula is C16H17N3O3. The minimum atomic E-state index is -0.596. The van der Waals surface area contributed by atoms with Crippen molar-refractivity contribution >= 4 is 17.3 Å². The monoisotopic (exact) mass is 299 g/mol. The second-order valence-corrected chi connectivity index (χ2v) is 4.88. The molecule has 0 aliphatic carbocycles. The number of anilines is 1. The molecule has 6 nitrogen and oxygen atoms in total. The summed E-state index contributed by atoms with van der Waals surface area (Å²) in [6.07, 6.45) is 1.66. The van der Waals surface area contributed by atoms with Crippen LogP contribution in [-0.4, -0.2) is 17.4 Å². The second kappa shape index (κ2) is 7.21. The van der Waals surface area contributed by atoms with E-state index in [4.69, 9.17) is 5.73 Å². The summed E-state index contributed by atoms with van der Waals surface area (Å²) in [7, 11) is 0. The molecule has 0 aromatic heterocycles. The van der Waals surface area contributed by atoms with Crippen LogP contribution in [0.1, 0.15) is 22.3 Å². The molecule has 0 atom stereocenters. The molecule has 3 N–H and O–H groups in total. The fourth-order valence-corrected chi connectivity index (χ4v) is 2.08. The van der Waals surface area contributed by atoms with E-state index in [1.54, 1.807) is 0 Å². The average molecular weight is 299 g/mol. The van der Waals surface area contributed by atoms with E-state index >= 15 is 0 Å². The number of nitrogens with one attached hydrogen (secondary N) is 1. The molecule has 2 aromatic carbocycles. The van der Waals surface area contributed by atoms with E-state index in [-0.39, 0.29) is 22.8 Å². The van der Waals surface area contributed by atoms with Crippen molar-refractivity contribution in [2.75, 3.05) is 12.3 Å². The molecule has 1 amide bonds. The Morgan fingerprint density at radius 2 is 1.91 bits per heavy atom. The van der Waals surface area contributed by atoms with E-state index in [1.807, 2.05) is 30.3 Å². The Kier molecular flexibility index (Phi) is 5.08. The average Bonchev–Trinajstić information content (AvgIpc) is 2.52. The molecule has 0 spiro atoms. The van der Waals surface area contributed by atoms with Crippen LogP contribution in [0.2, 0.25) is 0 Å². The molecule has 0 aliphatic heterocycles. The third-order valence-electron chi connectivity index (χ3n) is 3.26. The normalized spacial score (nSPS) is 10.2. The van der Waals surface area contributed by atoms with Crippen molar-refractivity contribution in [3.8, 4) is 0 Å². The van der Waals surface area contributed by atoms with Crippen molar-refractivity contribution in [2.24, 2.45) is 0 Å². The lowest BCUT2D eigenvalue weighted by molar-refractivity contribution is -0.383. The molecule has 0 saturated heterocycles. The highest BCUT2D eigenvalue weighted by Crippen LogP contribution is 2.22. The predicted molar refractivity (Wildman–Crippen MR) is 84.6 cm³/mol. The number of nitro groups is 1. The molecule has 0 aliphatic rings. The first-order valence-corrected chi connectivity index (χ1v) is 6.94. The summed E-state index contributed by atoms with van der Waals surface area (Å²) in [5.74, 6) is -0.337. The van der Waals surface area contributed by atoms with Crippen molar-refractivity contribution in [3.05, 3.63) is 69.8 Å². The number of nitrogen functional groups attached to an aromatic ring is 1. The molecule has 0 heterocycles. The minimum absolute atomic E-state index is 0.0469. The Hall–Kier alpha value is -2.89. The van der Waals surface area contributed by atoms with Gasteiger partial charge in [-0.1, -0.05) is 30.3 Å². The highest BCUT2D eigenvalue weighted by molar-refractivity contribution is 5.95. The fourth-order valence-electron chi connectivity index (χ4n) is 2.08. The Morgan fingerprint density at radius 3 is 2.59 bits per heavy atom. The number of nitrogens with two attached hydrogens (primary N) is 1. The summed E-state index contributed by atoms with van der Waals surface area (Å²) in [6, 6.07) is 14.0. The van der Waals surface area contributed by atoms with Crippen LogP contribution in [-0.2, 0) is 6.42 Å². The number of nitrogens with zero attached hydrogens (tertiary/aromatic N) is 1. The topological polar surface area (TPSA) is 98.3 Å². The number of aryl methyl sites for hydroxylation is 1. The summed E-state index contributed by atoms with van der Waals surface area (Å²) in [5.41, 5.74) is 6.74. The van der Waals surface area contributed by atoms with Crippen LogP contribution < -0.4 is 11.1 Å². The SMILES string of the molecule is Nc1ccc(C(=O)NCCCc2ccccc2)cc1[N+](=O)[O-]. The zero-order chi connectivity index (χ0) is 15.9. The molecule has 6 heteroatoms. The highest BCUT2D eigenvalue weighted by atomic mass is 16.6. The standard InChI is InChI=1S/C16H17N3O3/c17-14-9-8-13(11-15(14)19(21)22)16(20)18-10-4-7-12-5-2-1-3-6-12/h1-3,5-6,8-9,11H,4,7,10,17H2,(H,18,20). The zero-order valence-corrected chi connectivity index (χ0v) is 12.0. The maximum atomic E-state index is 12.0. The van der Waals surface area contributed by atoms with Crippen LogP contribution in [0.5, 0.6) is 0 Å². The molecule has 0 radical (unpaired) electrons. The third-order valence-corrected chi connectivity index (χ3v) is 3.26. The Bertz CT molecular complexity index is 672. The fraction of sp³-hybridized carbons (Fsp3) is 0.188. The maximum Gasteiger partial charge on any atom is 0.292 e. The minimum Gasteiger partial charge on any atom is -0.393 e. The zero-order valence-electron chi connectivity index (χ0n) is 12.0. The van der Waals surface area contributed by atoms with Crippen molar-refractivity contribution in [1.29, 1.82) is 0 Å². The quantitative estimate of drug-likeness (QED) is 0.370. The van der Waals surface area contributed by atoms with Gasteiger partial charge in [-0.25, -0.2) is 0 Å². The number of hydrogen-bond acceptors (Lipinski definition) is 4. The predicted octanol–water partition coefficient (Wildman–Crippen LogP) is 2.54. The van der Waals surface area contributed by atoms with E-state index in [0.29, 0.717) is 6.54 Å². The van der Waals surface area contributed by atoms with Gasteiger partial charge in [0.25, 0.3) is 11.6 Å². The van der Waals surface area contributed by atoms with E-state index in [1.165, 1.54) is 23.8 Å². The largest absolute Gasteiger partial charge is 0.393 e. The van der Waals surface area contributed by atoms with Crippen LogP contribution in [0.3, 0.4) is 0 Å². The number of amides is 1. The van der Waals surface area contributed by atoms with Gasteiger partial charge in [0.05, 0.1) is 4.92 Å². The molecule has 0 saturated carbocycles. The molecule has 0 bridgehead atoms. The second-order valence-electron chi connectivity index (χ2n) is 4.88. The van der Waals surface area contributed by atoms with Crippen LogP contribution in [0.15, 0.2) is 48.5 Å². The summed E-state index contributed by atoms with van der Waals surface area (Å²) >= 11 is 0. The smallest absolute Gasteiger partial charge is 0.292 e. The lowest BCUT2D eigenvalue weighted by atomic mass is 10.1. The van der Waals surface area contributed by atoms with Gasteiger partial charge >= 0.3 is 0 Å². The van der Waals surface area contributed by atoms with Gasteiger partial charge in [0.2, 0.25) is 0 Å². The van der Waals surface area contributed by atoms with Gasteiger partial charge in [0.1, 0.15) is 5.69 Å². The molecule has 22 heavy (non-hydrogen) atoms. The lowest BCUT2D eigenvalue weighted by Gasteiger charge is -2.06. The summed E-state index contributed by atoms with van der Waals surface area (Å²) < 4.78 is 0. The van der Waals surface area contributed by atoms with Gasteiger partial charge < -0.3 is 11.1 Å². The molecule has 0 unspecified atom stereocenters. The highest BCUT2D eigenvalue weighted by Gasteiger charge is 2.15. The number of carbonyl (C=O) groups is 1. The maximum absolute atomic E-state index is 12.0. The van der Waals surface area contributed by atoms with Gasteiger partial charge in [-0.05, 0) is 30.5 Å². The first kappa shape index (κ1) is 15.5. The van der Waals surface area contributed by atoms with Crippen molar-refractivity contribution in [3.63, 3.8) is 0 Å². The summed E-state index contributed by atoms with van der Waals surface area (Å²) in [4.78, 5) is 22.2. The van der Waals surface area contributed by atoms with Gasteiger partial charge in [0, 0.05) is 18.2 Å². The van der Waals surface area contributed by atoms with Crippen LogP contribution in [0, 0.1) is 10.1 Å². The Morgan fingerprint density at radius 1 is 1.18 bits per heavy atom. The summed E-state index contributed by atoms with van der Waals surface area (Å²) in [6.45, 7) is 0.506. The first-order valence-electron chi connectivity index (χ1n) is 6.94. The van der Waals surface area contributed by atoms with Crippen LogP contribution in [0.25, 0.3) is 0 Å². The molecule has 2 rings (SSSR count). The summed E-state index contributed by atoms with van der Waals surface area (Å²) in [5, 5.41) is 13.6. The lowest BCUT2D eigenvalue weighted by Crippen LogP contribution is -2.24. The van der Waals surface area contributed by atoms with E-state index < -0.39 is 4.92 Å². The van der Waals surface area contributed by atoms with Gasteiger partial charge in [-0.2, -0.15) is 0 Å². The number of hydrogen-bond donors (Lipinski definition) is 2. The molecule has 2 aromatic rings. The number of carbonyl (C=O) groups excluding carboxylic acids is 1. The number of nitro benzene ring substituents is 1. The van der Waals surface area contributed by atoms with Crippen LogP contribution in [0.4, 0.5) is 11.4 Å². The Balaban J connectivity index is 1.87. The van der Waals surface area contributed by atoms with Crippen molar-refractivity contribution in [1.82, 2.24) is 5.32 Å². The first-order chi connectivity index (χ1) is 10.6. The van der Waals surface area contributed by atoms with Crippen molar-refractivity contribution < 1.29 is 9.72 Å². The molecule has 114 valence electrons. The Labute approximate surface area is 128 Å². The van der Waals surface area contributed by atoms with Gasteiger partial charge in [0.15, 0.2) is 0 Å². The van der Waals surface area contributed by atoms with Crippen LogP contribution >= 0.6 is 0 Å². The van der Waals surface area contributed by atoms with E-state index in [0.717, 1.165) is 12.8 Å². The number of rotatable bonds is 6. The number of benzene rings is 2. The van der Waals surface area contributed by atoms with Gasteiger partial charge in [-0.3, -0.25) is 14.9 Å². The van der Waals surface area contributed by atoms with Crippen molar-refractivity contribution in [2.45, 2.75) is 12.8 Å².